The Morgan fingerprint density at radius 1 is 1.15 bits per heavy atom. The van der Waals surface area contributed by atoms with Crippen molar-refractivity contribution in [3.63, 3.8) is 0 Å². The molecule has 1 heterocycles. The third kappa shape index (κ3) is 4.26. The van der Waals surface area contributed by atoms with Crippen LogP contribution in [0.2, 0.25) is 5.02 Å². The van der Waals surface area contributed by atoms with E-state index in [1.54, 1.807) is 72.7 Å². The number of halogens is 1. The number of aryl methyl sites for hydroxylation is 1. The van der Waals surface area contributed by atoms with Crippen LogP contribution in [0.15, 0.2) is 67.0 Å². The number of benzene rings is 2. The molecule has 0 saturated heterocycles. The maximum Gasteiger partial charge on any atom is 0.248 e. The van der Waals surface area contributed by atoms with Crippen molar-refractivity contribution in [1.82, 2.24) is 9.78 Å². The molecule has 1 amide bonds. The van der Waals surface area contributed by atoms with Crippen LogP contribution < -0.4 is 5.32 Å². The van der Waals surface area contributed by atoms with Gasteiger partial charge in [-0.2, -0.15) is 5.10 Å². The van der Waals surface area contributed by atoms with Gasteiger partial charge in [-0.1, -0.05) is 41.9 Å². The molecule has 26 heavy (non-hydrogen) atoms. The molecule has 0 radical (unpaired) electrons. The summed E-state index contributed by atoms with van der Waals surface area (Å²) in [5.74, 6) is -0.557. The van der Waals surface area contributed by atoms with Crippen molar-refractivity contribution < 1.29 is 9.59 Å². The number of rotatable bonds is 5. The second-order valence-electron chi connectivity index (χ2n) is 5.65. The van der Waals surface area contributed by atoms with Gasteiger partial charge in [0.2, 0.25) is 5.91 Å². The van der Waals surface area contributed by atoms with Gasteiger partial charge in [0.25, 0.3) is 0 Å². The molecule has 0 aliphatic carbocycles. The molecule has 130 valence electrons. The monoisotopic (exact) mass is 365 g/mol. The topological polar surface area (TPSA) is 64.0 Å². The predicted molar refractivity (Wildman–Crippen MR) is 102 cm³/mol. The van der Waals surface area contributed by atoms with E-state index >= 15 is 0 Å². The standard InChI is InChI=1S/C20H16ClN3O2/c1-24-13-14(12-22-24)7-10-19(25)23-18-9-8-16(21)11-17(18)20(26)15-5-3-2-4-6-15/h2-13H,1H3,(H,23,25)/b10-7+. The first kappa shape index (κ1) is 17.6. The molecule has 0 bridgehead atoms. The molecule has 0 unspecified atom stereocenters. The molecule has 0 spiro atoms. The lowest BCUT2D eigenvalue weighted by Gasteiger charge is -2.10. The molecule has 0 aliphatic rings. The van der Waals surface area contributed by atoms with Crippen LogP contribution in [0.25, 0.3) is 6.08 Å². The first-order chi connectivity index (χ1) is 12.5. The van der Waals surface area contributed by atoms with Crippen molar-refractivity contribution in [3.8, 4) is 0 Å². The Labute approximate surface area is 155 Å². The van der Waals surface area contributed by atoms with Crippen LogP contribution in [0.1, 0.15) is 21.5 Å². The van der Waals surface area contributed by atoms with E-state index in [0.29, 0.717) is 21.8 Å². The number of nitrogens with zero attached hydrogens (tertiary/aromatic N) is 2. The third-order valence-corrected chi connectivity index (χ3v) is 3.91. The highest BCUT2D eigenvalue weighted by Gasteiger charge is 2.15. The summed E-state index contributed by atoms with van der Waals surface area (Å²) in [7, 11) is 1.80. The molecular weight excluding hydrogens is 350 g/mol. The molecule has 0 atom stereocenters. The summed E-state index contributed by atoms with van der Waals surface area (Å²) < 4.78 is 1.65. The van der Waals surface area contributed by atoms with Gasteiger partial charge < -0.3 is 5.32 Å². The average molecular weight is 366 g/mol. The highest BCUT2D eigenvalue weighted by molar-refractivity contribution is 6.31. The molecule has 1 aromatic heterocycles. The van der Waals surface area contributed by atoms with Gasteiger partial charge in [0.15, 0.2) is 5.78 Å². The van der Waals surface area contributed by atoms with Crippen molar-refractivity contribution in [1.29, 1.82) is 0 Å². The summed E-state index contributed by atoms with van der Waals surface area (Å²) in [6, 6.07) is 13.6. The second-order valence-corrected chi connectivity index (χ2v) is 6.09. The number of hydrogen-bond donors (Lipinski definition) is 1. The quantitative estimate of drug-likeness (QED) is 0.550. The van der Waals surface area contributed by atoms with E-state index in [2.05, 4.69) is 10.4 Å². The fraction of sp³-hybridized carbons (Fsp3) is 0.0500. The van der Waals surface area contributed by atoms with E-state index in [1.807, 2.05) is 6.07 Å². The van der Waals surface area contributed by atoms with Crippen molar-refractivity contribution in [2.24, 2.45) is 7.05 Å². The zero-order chi connectivity index (χ0) is 18.5. The Kier molecular flexibility index (Phi) is 5.29. The summed E-state index contributed by atoms with van der Waals surface area (Å²) in [4.78, 5) is 25.0. The van der Waals surface area contributed by atoms with E-state index in [-0.39, 0.29) is 11.7 Å². The summed E-state index contributed by atoms with van der Waals surface area (Å²) in [5.41, 5.74) is 2.08. The van der Waals surface area contributed by atoms with Crippen molar-refractivity contribution in [3.05, 3.63) is 88.7 Å². The molecule has 0 saturated carbocycles. The Bertz CT molecular complexity index is 978. The summed E-state index contributed by atoms with van der Waals surface area (Å²) in [6.45, 7) is 0. The first-order valence-electron chi connectivity index (χ1n) is 7.90. The molecule has 0 fully saturated rings. The van der Waals surface area contributed by atoms with Crippen molar-refractivity contribution in [2.45, 2.75) is 0 Å². The minimum absolute atomic E-state index is 0.209. The molecule has 1 N–H and O–H groups in total. The predicted octanol–water partition coefficient (Wildman–Crippen LogP) is 3.96. The van der Waals surface area contributed by atoms with E-state index in [9.17, 15) is 9.59 Å². The fourth-order valence-corrected chi connectivity index (χ4v) is 2.60. The number of hydrogen-bond acceptors (Lipinski definition) is 3. The number of ketones is 1. The van der Waals surface area contributed by atoms with Crippen LogP contribution in [-0.2, 0) is 11.8 Å². The Hall–Kier alpha value is -3.18. The van der Waals surface area contributed by atoms with Crippen LogP contribution >= 0.6 is 11.6 Å². The lowest BCUT2D eigenvalue weighted by atomic mass is 10.0. The number of amides is 1. The van der Waals surface area contributed by atoms with Gasteiger partial charge in [-0.15, -0.1) is 0 Å². The molecular formula is C20H16ClN3O2. The third-order valence-electron chi connectivity index (χ3n) is 3.67. The van der Waals surface area contributed by atoms with E-state index in [1.165, 1.54) is 6.08 Å². The molecule has 3 aromatic rings. The fourth-order valence-electron chi connectivity index (χ4n) is 2.43. The molecule has 6 heteroatoms. The van der Waals surface area contributed by atoms with Gasteiger partial charge in [-0.3, -0.25) is 14.3 Å². The van der Waals surface area contributed by atoms with Gasteiger partial charge >= 0.3 is 0 Å². The van der Waals surface area contributed by atoms with E-state index in [0.717, 1.165) is 5.56 Å². The minimum Gasteiger partial charge on any atom is -0.322 e. The van der Waals surface area contributed by atoms with Crippen LogP contribution in [0.5, 0.6) is 0 Å². The molecule has 3 rings (SSSR count). The van der Waals surface area contributed by atoms with Crippen LogP contribution in [0.4, 0.5) is 5.69 Å². The minimum atomic E-state index is -0.349. The van der Waals surface area contributed by atoms with Gasteiger partial charge in [0, 0.05) is 41.0 Å². The van der Waals surface area contributed by atoms with Crippen molar-refractivity contribution >= 4 is 35.1 Å². The normalized spacial score (nSPS) is 10.8. The number of anilines is 1. The van der Waals surface area contributed by atoms with E-state index < -0.39 is 0 Å². The second kappa shape index (κ2) is 7.80. The van der Waals surface area contributed by atoms with E-state index in [4.69, 9.17) is 11.6 Å². The number of aromatic nitrogens is 2. The lowest BCUT2D eigenvalue weighted by molar-refractivity contribution is -0.111. The first-order valence-corrected chi connectivity index (χ1v) is 8.28. The zero-order valence-corrected chi connectivity index (χ0v) is 14.8. The Morgan fingerprint density at radius 2 is 1.92 bits per heavy atom. The maximum atomic E-state index is 12.7. The van der Waals surface area contributed by atoms with Crippen LogP contribution in [-0.4, -0.2) is 21.5 Å². The highest BCUT2D eigenvalue weighted by Crippen LogP contribution is 2.24. The molecule has 0 aliphatic heterocycles. The largest absolute Gasteiger partial charge is 0.322 e. The molecule has 5 nitrogen and oxygen atoms in total. The van der Waals surface area contributed by atoms with Gasteiger partial charge in [0.1, 0.15) is 0 Å². The highest BCUT2D eigenvalue weighted by atomic mass is 35.5. The average Bonchev–Trinajstić information content (AvgIpc) is 3.07. The Balaban J connectivity index is 1.82. The number of nitrogens with one attached hydrogen (secondary N) is 1. The van der Waals surface area contributed by atoms with Gasteiger partial charge in [0.05, 0.1) is 11.9 Å². The summed E-state index contributed by atoms with van der Waals surface area (Å²) >= 11 is 6.04. The number of carbonyl (C=O) groups excluding carboxylic acids is 2. The summed E-state index contributed by atoms with van der Waals surface area (Å²) in [5, 5.41) is 7.19. The lowest BCUT2D eigenvalue weighted by Crippen LogP contribution is -2.12. The summed E-state index contributed by atoms with van der Waals surface area (Å²) in [6.07, 6.45) is 6.48. The molecule has 2 aromatic carbocycles. The van der Waals surface area contributed by atoms with Crippen molar-refractivity contribution in [2.75, 3.05) is 5.32 Å². The van der Waals surface area contributed by atoms with Crippen LogP contribution in [0.3, 0.4) is 0 Å². The SMILES string of the molecule is Cn1cc(/C=C/C(=O)Nc2ccc(Cl)cc2C(=O)c2ccccc2)cn1. The van der Waals surface area contributed by atoms with Crippen LogP contribution in [0, 0.1) is 0 Å². The zero-order valence-electron chi connectivity index (χ0n) is 14.0. The smallest absolute Gasteiger partial charge is 0.248 e. The van der Waals surface area contributed by atoms with Gasteiger partial charge in [-0.25, -0.2) is 0 Å². The number of carbonyl (C=O) groups is 2. The van der Waals surface area contributed by atoms with Gasteiger partial charge in [-0.05, 0) is 24.3 Å². The Morgan fingerprint density at radius 3 is 2.62 bits per heavy atom. The maximum absolute atomic E-state index is 12.7.